The summed E-state index contributed by atoms with van der Waals surface area (Å²) in [6.07, 6.45) is 4.19. The highest BCUT2D eigenvalue weighted by molar-refractivity contribution is 5.45. The lowest BCUT2D eigenvalue weighted by Crippen LogP contribution is -2.31. The van der Waals surface area contributed by atoms with Crippen molar-refractivity contribution in [3.05, 3.63) is 29.6 Å². The maximum atomic E-state index is 13.1. The summed E-state index contributed by atoms with van der Waals surface area (Å²) >= 11 is 0. The van der Waals surface area contributed by atoms with Crippen LogP contribution >= 0.6 is 0 Å². The molecule has 100 valence electrons. The quantitative estimate of drug-likeness (QED) is 0.770. The van der Waals surface area contributed by atoms with Gasteiger partial charge >= 0.3 is 0 Å². The normalized spacial score (nSPS) is 22.8. The zero-order valence-corrected chi connectivity index (χ0v) is 10.7. The van der Waals surface area contributed by atoms with Crippen LogP contribution in [0.5, 0.6) is 0 Å². The van der Waals surface area contributed by atoms with Gasteiger partial charge in [0.25, 0.3) is 0 Å². The van der Waals surface area contributed by atoms with Crippen molar-refractivity contribution in [1.82, 2.24) is 0 Å². The largest absolute Gasteiger partial charge is 0.382 e. The third-order valence-corrected chi connectivity index (χ3v) is 3.56. The van der Waals surface area contributed by atoms with Gasteiger partial charge in [0.2, 0.25) is 0 Å². The molecule has 1 aliphatic rings. The summed E-state index contributed by atoms with van der Waals surface area (Å²) in [5, 5.41) is 3.10. The Hall–Kier alpha value is -1.19. The van der Waals surface area contributed by atoms with Gasteiger partial charge in [-0.1, -0.05) is 20.3 Å². The molecule has 1 unspecified atom stereocenters. The van der Waals surface area contributed by atoms with Gasteiger partial charge in [0, 0.05) is 23.9 Å². The lowest BCUT2D eigenvalue weighted by atomic mass is 9.75. The fourth-order valence-corrected chi connectivity index (χ4v) is 2.70. The first-order valence-electron chi connectivity index (χ1n) is 6.28. The van der Waals surface area contributed by atoms with E-state index in [9.17, 15) is 13.2 Å². The van der Waals surface area contributed by atoms with Gasteiger partial charge in [-0.3, -0.25) is 0 Å². The Kier molecular flexibility index (Phi) is 3.55. The smallest absolute Gasteiger partial charge is 0.194 e. The van der Waals surface area contributed by atoms with Gasteiger partial charge in [0.05, 0.1) is 0 Å². The zero-order valence-electron chi connectivity index (χ0n) is 10.7. The summed E-state index contributed by atoms with van der Waals surface area (Å²) in [5.41, 5.74) is 0.557. The maximum absolute atomic E-state index is 13.1. The monoisotopic (exact) mass is 257 g/mol. The molecule has 1 N–H and O–H groups in total. The average Bonchev–Trinajstić information content (AvgIpc) is 2.24. The molecule has 0 saturated heterocycles. The first-order valence-corrected chi connectivity index (χ1v) is 6.28. The fraction of sp³-hybridized carbons (Fsp3) is 0.571. The van der Waals surface area contributed by atoms with Gasteiger partial charge in [-0.2, -0.15) is 0 Å². The minimum Gasteiger partial charge on any atom is -0.382 e. The van der Waals surface area contributed by atoms with Gasteiger partial charge in [-0.25, -0.2) is 13.2 Å². The van der Waals surface area contributed by atoms with Crippen LogP contribution in [0.1, 0.15) is 39.5 Å². The minimum atomic E-state index is -1.41. The molecule has 1 fully saturated rings. The van der Waals surface area contributed by atoms with Crippen LogP contribution < -0.4 is 5.32 Å². The molecule has 0 radical (unpaired) electrons. The highest BCUT2D eigenvalue weighted by atomic mass is 19.2. The van der Waals surface area contributed by atoms with E-state index in [1.54, 1.807) is 0 Å². The van der Waals surface area contributed by atoms with Gasteiger partial charge < -0.3 is 5.32 Å². The topological polar surface area (TPSA) is 12.0 Å². The second-order valence-electron chi connectivity index (χ2n) is 5.86. The molecule has 1 saturated carbocycles. The third kappa shape index (κ3) is 2.98. The predicted molar refractivity (Wildman–Crippen MR) is 66.0 cm³/mol. The molecule has 0 amide bonds. The van der Waals surface area contributed by atoms with Crippen LogP contribution in [-0.4, -0.2) is 6.04 Å². The van der Waals surface area contributed by atoms with Gasteiger partial charge in [-0.15, -0.1) is 0 Å². The van der Waals surface area contributed by atoms with Crippen molar-refractivity contribution in [2.45, 2.75) is 45.6 Å². The lowest BCUT2D eigenvalue weighted by Gasteiger charge is -2.36. The van der Waals surface area contributed by atoms with Crippen LogP contribution in [0.2, 0.25) is 0 Å². The first kappa shape index (κ1) is 13.2. The van der Waals surface area contributed by atoms with Crippen molar-refractivity contribution in [2.75, 3.05) is 5.32 Å². The summed E-state index contributed by atoms with van der Waals surface area (Å²) in [4.78, 5) is 0. The molecule has 0 aromatic heterocycles. The molecule has 2 rings (SSSR count). The lowest BCUT2D eigenvalue weighted by molar-refractivity contribution is 0.229. The summed E-state index contributed by atoms with van der Waals surface area (Å²) in [5.74, 6) is -3.70. The number of benzene rings is 1. The number of nitrogens with one attached hydrogen (secondary N) is 1. The van der Waals surface area contributed by atoms with Crippen molar-refractivity contribution in [3.63, 3.8) is 0 Å². The second-order valence-corrected chi connectivity index (χ2v) is 5.86. The maximum Gasteiger partial charge on any atom is 0.194 e. The number of hydrogen-bond donors (Lipinski definition) is 1. The molecule has 1 aromatic rings. The minimum absolute atomic E-state index is 0.193. The molecule has 0 spiro atoms. The van der Waals surface area contributed by atoms with Gasteiger partial charge in [0.15, 0.2) is 17.5 Å². The highest BCUT2D eigenvalue weighted by Gasteiger charge is 2.28. The third-order valence-electron chi connectivity index (χ3n) is 3.56. The summed E-state index contributed by atoms with van der Waals surface area (Å²) in [6.45, 7) is 4.37. The van der Waals surface area contributed by atoms with E-state index < -0.39 is 17.5 Å². The van der Waals surface area contributed by atoms with Crippen LogP contribution in [0.4, 0.5) is 18.9 Å². The summed E-state index contributed by atoms with van der Waals surface area (Å²) < 4.78 is 39.0. The molecule has 1 nitrogen and oxygen atoms in total. The van der Waals surface area contributed by atoms with Gasteiger partial charge in [-0.05, 0) is 24.7 Å². The number of halogens is 3. The Morgan fingerprint density at radius 2 is 1.78 bits per heavy atom. The Morgan fingerprint density at radius 1 is 1.17 bits per heavy atom. The summed E-state index contributed by atoms with van der Waals surface area (Å²) in [7, 11) is 0. The molecular weight excluding hydrogens is 239 g/mol. The van der Waals surface area contributed by atoms with Crippen LogP contribution in [0.15, 0.2) is 12.1 Å². The van der Waals surface area contributed by atoms with E-state index >= 15 is 0 Å². The van der Waals surface area contributed by atoms with E-state index in [2.05, 4.69) is 19.2 Å². The first-order chi connectivity index (χ1) is 8.37. The Balaban J connectivity index is 2.10. The molecule has 0 bridgehead atoms. The summed E-state index contributed by atoms with van der Waals surface area (Å²) in [6, 6.07) is 2.22. The van der Waals surface area contributed by atoms with Crippen LogP contribution in [0.3, 0.4) is 0 Å². The highest BCUT2D eigenvalue weighted by Crippen LogP contribution is 2.36. The van der Waals surface area contributed by atoms with Gasteiger partial charge in [0.1, 0.15) is 0 Å². The van der Waals surface area contributed by atoms with Crippen molar-refractivity contribution in [1.29, 1.82) is 0 Å². The molecule has 0 aliphatic heterocycles. The molecular formula is C14H18F3N. The molecule has 1 aliphatic carbocycles. The second kappa shape index (κ2) is 4.82. The van der Waals surface area contributed by atoms with E-state index in [0.717, 1.165) is 37.8 Å². The van der Waals surface area contributed by atoms with E-state index in [1.165, 1.54) is 0 Å². The molecule has 1 atom stereocenters. The molecule has 18 heavy (non-hydrogen) atoms. The van der Waals surface area contributed by atoms with E-state index in [-0.39, 0.29) is 11.5 Å². The van der Waals surface area contributed by atoms with Crippen molar-refractivity contribution < 1.29 is 13.2 Å². The number of anilines is 1. The van der Waals surface area contributed by atoms with Crippen LogP contribution in [-0.2, 0) is 0 Å². The average molecular weight is 257 g/mol. The fourth-order valence-electron chi connectivity index (χ4n) is 2.70. The van der Waals surface area contributed by atoms with Crippen molar-refractivity contribution in [2.24, 2.45) is 5.41 Å². The number of rotatable bonds is 2. The Labute approximate surface area is 105 Å². The van der Waals surface area contributed by atoms with E-state index in [4.69, 9.17) is 0 Å². The molecule has 1 aromatic carbocycles. The van der Waals surface area contributed by atoms with Crippen LogP contribution in [0, 0.1) is 22.9 Å². The van der Waals surface area contributed by atoms with Crippen LogP contribution in [0.25, 0.3) is 0 Å². The zero-order chi connectivity index (χ0) is 13.3. The predicted octanol–water partition coefficient (Wildman–Crippen LogP) is 4.48. The number of hydrogen-bond acceptors (Lipinski definition) is 1. The molecule has 0 heterocycles. The van der Waals surface area contributed by atoms with Crippen molar-refractivity contribution >= 4 is 5.69 Å². The Bertz CT molecular complexity index is 420. The van der Waals surface area contributed by atoms with E-state index in [0.29, 0.717) is 5.69 Å². The van der Waals surface area contributed by atoms with E-state index in [1.807, 2.05) is 0 Å². The SMILES string of the molecule is CC1(C)CCCC(Nc2cc(F)c(F)c(F)c2)C1. The Morgan fingerprint density at radius 3 is 2.33 bits per heavy atom. The molecule has 4 heteroatoms. The standard InChI is InChI=1S/C14H18F3N/c1-14(2)5-3-4-9(8-14)18-10-6-11(15)13(17)12(16)7-10/h6-7,9,18H,3-5,8H2,1-2H3. The van der Waals surface area contributed by atoms with Crippen molar-refractivity contribution in [3.8, 4) is 0 Å².